The molecule has 1 rings (SSSR count). The van der Waals surface area contributed by atoms with Crippen molar-refractivity contribution in [2.24, 2.45) is 0 Å². The lowest BCUT2D eigenvalue weighted by Gasteiger charge is -2.11. The Morgan fingerprint density at radius 3 is 2.53 bits per heavy atom. The Labute approximate surface area is 103 Å². The van der Waals surface area contributed by atoms with Crippen molar-refractivity contribution in [1.82, 2.24) is 4.57 Å². The van der Waals surface area contributed by atoms with Gasteiger partial charge in [-0.05, 0) is 18.9 Å². The number of aldehydes is 1. The summed E-state index contributed by atoms with van der Waals surface area (Å²) in [4.78, 5) is 22.6. The smallest absolute Gasteiger partial charge is 0.176 e. The van der Waals surface area contributed by atoms with Gasteiger partial charge >= 0.3 is 0 Å². The van der Waals surface area contributed by atoms with Gasteiger partial charge in [0.2, 0.25) is 0 Å². The van der Waals surface area contributed by atoms with E-state index in [4.69, 9.17) is 0 Å². The van der Waals surface area contributed by atoms with Crippen LogP contribution in [0.5, 0.6) is 0 Å². The standard InChI is InChI=1S/C14H21NO2/c1-4-6-8-15-13(7-5-2)12(10-16)9-14(15)11(3)17/h9-10H,4-8H2,1-3H3. The van der Waals surface area contributed by atoms with E-state index >= 15 is 0 Å². The van der Waals surface area contributed by atoms with Crippen LogP contribution in [0.4, 0.5) is 0 Å². The number of ketones is 1. The zero-order valence-corrected chi connectivity index (χ0v) is 11.0. The van der Waals surface area contributed by atoms with Gasteiger partial charge in [0, 0.05) is 24.7 Å². The first kappa shape index (κ1) is 13.7. The molecule has 0 fully saturated rings. The minimum absolute atomic E-state index is 0.0338. The van der Waals surface area contributed by atoms with E-state index < -0.39 is 0 Å². The SMILES string of the molecule is CCCCn1c(C(C)=O)cc(C=O)c1CCC. The monoisotopic (exact) mass is 235 g/mol. The first-order valence-electron chi connectivity index (χ1n) is 6.34. The third kappa shape index (κ3) is 3.05. The number of carbonyl (C=O) groups is 2. The molecule has 1 aromatic heterocycles. The Balaban J connectivity index is 3.20. The minimum atomic E-state index is 0.0338. The zero-order chi connectivity index (χ0) is 12.8. The second-order valence-electron chi connectivity index (χ2n) is 4.36. The molecule has 0 atom stereocenters. The van der Waals surface area contributed by atoms with Crippen molar-refractivity contribution >= 4 is 12.1 Å². The molecule has 0 amide bonds. The summed E-state index contributed by atoms with van der Waals surface area (Å²) < 4.78 is 2.03. The van der Waals surface area contributed by atoms with Crippen LogP contribution in [0.1, 0.15) is 66.6 Å². The fraction of sp³-hybridized carbons (Fsp3) is 0.571. The van der Waals surface area contributed by atoms with Crippen molar-refractivity contribution < 1.29 is 9.59 Å². The molecule has 3 heteroatoms. The van der Waals surface area contributed by atoms with Crippen molar-refractivity contribution in [2.45, 2.75) is 53.0 Å². The van der Waals surface area contributed by atoms with E-state index in [-0.39, 0.29) is 5.78 Å². The number of hydrogen-bond acceptors (Lipinski definition) is 2. The third-order valence-electron chi connectivity index (χ3n) is 2.95. The maximum Gasteiger partial charge on any atom is 0.176 e. The van der Waals surface area contributed by atoms with Gasteiger partial charge in [0.1, 0.15) is 0 Å². The van der Waals surface area contributed by atoms with E-state index in [2.05, 4.69) is 13.8 Å². The quantitative estimate of drug-likeness (QED) is 0.537. The van der Waals surface area contributed by atoms with Gasteiger partial charge in [0.15, 0.2) is 12.1 Å². The molecule has 0 unspecified atom stereocenters. The highest BCUT2D eigenvalue weighted by atomic mass is 16.1. The first-order chi connectivity index (χ1) is 8.15. The predicted octanol–water partition coefficient (Wildman–Crippen LogP) is 3.26. The summed E-state index contributed by atoms with van der Waals surface area (Å²) in [6, 6.07) is 1.73. The second kappa shape index (κ2) is 6.38. The minimum Gasteiger partial charge on any atom is -0.342 e. The van der Waals surface area contributed by atoms with E-state index in [0.29, 0.717) is 11.3 Å². The van der Waals surface area contributed by atoms with Crippen LogP contribution < -0.4 is 0 Å². The maximum absolute atomic E-state index is 11.6. The van der Waals surface area contributed by atoms with E-state index in [1.54, 1.807) is 13.0 Å². The molecule has 1 heterocycles. The summed E-state index contributed by atoms with van der Waals surface area (Å²) in [6.45, 7) is 6.59. The molecule has 1 aromatic rings. The average molecular weight is 235 g/mol. The van der Waals surface area contributed by atoms with Gasteiger partial charge in [-0.15, -0.1) is 0 Å². The summed E-state index contributed by atoms with van der Waals surface area (Å²) in [5, 5.41) is 0. The van der Waals surface area contributed by atoms with Crippen LogP contribution in [0.25, 0.3) is 0 Å². The Hall–Kier alpha value is -1.38. The van der Waals surface area contributed by atoms with Gasteiger partial charge < -0.3 is 4.57 Å². The maximum atomic E-state index is 11.6. The van der Waals surface area contributed by atoms with Crippen LogP contribution in [-0.4, -0.2) is 16.6 Å². The largest absolute Gasteiger partial charge is 0.342 e. The lowest BCUT2D eigenvalue weighted by Crippen LogP contribution is -2.10. The zero-order valence-electron chi connectivity index (χ0n) is 11.0. The van der Waals surface area contributed by atoms with Crippen LogP contribution in [0, 0.1) is 0 Å². The number of aromatic nitrogens is 1. The highest BCUT2D eigenvalue weighted by Gasteiger charge is 2.16. The molecule has 0 bridgehead atoms. The number of hydrogen-bond donors (Lipinski definition) is 0. The van der Waals surface area contributed by atoms with E-state index in [0.717, 1.165) is 44.2 Å². The van der Waals surface area contributed by atoms with Gasteiger partial charge in [-0.25, -0.2) is 0 Å². The fourth-order valence-electron chi connectivity index (χ4n) is 2.09. The molecule has 0 aliphatic rings. The summed E-state index contributed by atoms with van der Waals surface area (Å²) in [6.07, 6.45) is 4.81. The Bertz CT molecular complexity index is 405. The van der Waals surface area contributed by atoms with Crippen LogP contribution in [0.3, 0.4) is 0 Å². The molecular weight excluding hydrogens is 214 g/mol. The molecule has 0 aliphatic carbocycles. The molecule has 0 spiro atoms. The van der Waals surface area contributed by atoms with Crippen molar-refractivity contribution in [1.29, 1.82) is 0 Å². The highest BCUT2D eigenvalue weighted by Crippen LogP contribution is 2.18. The van der Waals surface area contributed by atoms with E-state index in [9.17, 15) is 9.59 Å². The van der Waals surface area contributed by atoms with E-state index in [1.807, 2.05) is 4.57 Å². The van der Waals surface area contributed by atoms with Crippen LogP contribution in [0.15, 0.2) is 6.07 Å². The molecular formula is C14H21NO2. The number of rotatable bonds is 7. The lowest BCUT2D eigenvalue weighted by atomic mass is 10.1. The molecule has 17 heavy (non-hydrogen) atoms. The molecule has 0 aliphatic heterocycles. The van der Waals surface area contributed by atoms with Crippen molar-refractivity contribution in [3.05, 3.63) is 23.0 Å². The lowest BCUT2D eigenvalue weighted by molar-refractivity contribution is 0.100. The fourth-order valence-corrected chi connectivity index (χ4v) is 2.09. The molecule has 0 aromatic carbocycles. The Morgan fingerprint density at radius 2 is 2.06 bits per heavy atom. The second-order valence-corrected chi connectivity index (χ2v) is 4.36. The summed E-state index contributed by atoms with van der Waals surface area (Å²) in [7, 11) is 0. The van der Waals surface area contributed by atoms with Gasteiger partial charge in [-0.3, -0.25) is 9.59 Å². The van der Waals surface area contributed by atoms with Crippen molar-refractivity contribution in [3.63, 3.8) is 0 Å². The molecule has 0 saturated heterocycles. The normalized spacial score (nSPS) is 10.5. The number of carbonyl (C=O) groups excluding carboxylic acids is 2. The molecule has 0 N–H and O–H groups in total. The predicted molar refractivity (Wildman–Crippen MR) is 68.7 cm³/mol. The summed E-state index contributed by atoms with van der Waals surface area (Å²) >= 11 is 0. The van der Waals surface area contributed by atoms with Gasteiger partial charge in [-0.1, -0.05) is 26.7 Å². The van der Waals surface area contributed by atoms with Gasteiger partial charge in [-0.2, -0.15) is 0 Å². The number of unbranched alkanes of at least 4 members (excludes halogenated alkanes) is 1. The van der Waals surface area contributed by atoms with Crippen LogP contribution in [0.2, 0.25) is 0 Å². The Morgan fingerprint density at radius 1 is 1.35 bits per heavy atom. The summed E-state index contributed by atoms with van der Waals surface area (Å²) in [5.41, 5.74) is 2.36. The molecule has 0 saturated carbocycles. The van der Waals surface area contributed by atoms with Crippen molar-refractivity contribution in [2.75, 3.05) is 0 Å². The summed E-state index contributed by atoms with van der Waals surface area (Å²) in [5.74, 6) is 0.0338. The van der Waals surface area contributed by atoms with Crippen LogP contribution >= 0.6 is 0 Å². The third-order valence-corrected chi connectivity index (χ3v) is 2.95. The Kier molecular flexibility index (Phi) is 5.13. The molecule has 3 nitrogen and oxygen atoms in total. The molecule has 94 valence electrons. The topological polar surface area (TPSA) is 39.1 Å². The van der Waals surface area contributed by atoms with E-state index in [1.165, 1.54) is 0 Å². The molecule has 0 radical (unpaired) electrons. The van der Waals surface area contributed by atoms with Gasteiger partial charge in [0.25, 0.3) is 0 Å². The average Bonchev–Trinajstić information content (AvgIpc) is 2.65. The van der Waals surface area contributed by atoms with Crippen molar-refractivity contribution in [3.8, 4) is 0 Å². The van der Waals surface area contributed by atoms with Crippen LogP contribution in [-0.2, 0) is 13.0 Å². The first-order valence-corrected chi connectivity index (χ1v) is 6.34. The highest BCUT2D eigenvalue weighted by molar-refractivity contribution is 5.95. The van der Waals surface area contributed by atoms with Gasteiger partial charge in [0.05, 0.1) is 5.69 Å². The number of Topliss-reactive ketones (excluding diaryl/α,β-unsaturated/α-hetero) is 1. The number of nitrogens with zero attached hydrogens (tertiary/aromatic N) is 1.